The van der Waals surface area contributed by atoms with Crippen LogP contribution in [0.1, 0.15) is 11.3 Å². The largest absolute Gasteiger partial charge is 0.308 e. The Hall–Kier alpha value is -6.52. The van der Waals surface area contributed by atoms with Crippen molar-refractivity contribution in [1.82, 2.24) is 18.9 Å². The minimum absolute atomic E-state index is 0.655. The zero-order valence-corrected chi connectivity index (χ0v) is 26.7. The van der Waals surface area contributed by atoms with Crippen LogP contribution in [0.15, 0.2) is 164 Å². The van der Waals surface area contributed by atoms with Crippen molar-refractivity contribution in [1.29, 1.82) is 0 Å². The summed E-state index contributed by atoms with van der Waals surface area (Å²) in [4.78, 5) is 10.7. The Balaban J connectivity index is 1.27. The van der Waals surface area contributed by atoms with Crippen LogP contribution in [0, 0.1) is 0 Å². The van der Waals surface area contributed by atoms with Gasteiger partial charge in [0.2, 0.25) is 5.95 Å². The second-order valence-corrected chi connectivity index (χ2v) is 12.6. The predicted octanol–water partition coefficient (Wildman–Crippen LogP) is 11.2. The highest BCUT2D eigenvalue weighted by Gasteiger charge is 2.25. The third-order valence-electron chi connectivity index (χ3n) is 9.89. The maximum absolute atomic E-state index is 5.38. The van der Waals surface area contributed by atoms with Crippen LogP contribution in [0.4, 0.5) is 0 Å². The standard InChI is InChI=1S/C45H30N4/c1-2-15-29(30-16-4-3-5-17-30)18-14-24-38-33-21-6-10-23-37(33)46-45(47-38)49-40-26-12-8-20-32(40)36-28-35-31-19-7-11-25-39(31)48-41-27-13-9-22-34(41)42(43(35)48)44(36)49/h2-23,25-28H,1,24H2/b18-14-,29-15+. The van der Waals surface area contributed by atoms with Crippen LogP contribution in [0.25, 0.3) is 82.3 Å². The molecule has 4 aromatic heterocycles. The smallest absolute Gasteiger partial charge is 0.235 e. The van der Waals surface area contributed by atoms with Gasteiger partial charge in [0.15, 0.2) is 0 Å². The van der Waals surface area contributed by atoms with Gasteiger partial charge in [0, 0.05) is 44.1 Å². The first-order valence-corrected chi connectivity index (χ1v) is 16.7. The molecule has 0 saturated heterocycles. The summed E-state index contributed by atoms with van der Waals surface area (Å²) in [7, 11) is 0. The van der Waals surface area contributed by atoms with Gasteiger partial charge < -0.3 is 4.40 Å². The first-order valence-electron chi connectivity index (χ1n) is 16.7. The lowest BCUT2D eigenvalue weighted by molar-refractivity contribution is 0.973. The van der Waals surface area contributed by atoms with Gasteiger partial charge in [-0.15, -0.1) is 0 Å². The molecule has 230 valence electrons. The minimum Gasteiger partial charge on any atom is -0.308 e. The average molecular weight is 627 g/mol. The fraction of sp³-hybridized carbons (Fsp3) is 0.0222. The molecular formula is C45H30N4. The van der Waals surface area contributed by atoms with Crippen LogP contribution in [0.2, 0.25) is 0 Å². The van der Waals surface area contributed by atoms with Crippen molar-refractivity contribution in [2.45, 2.75) is 6.42 Å². The number of allylic oxidation sites excluding steroid dienone is 5. The van der Waals surface area contributed by atoms with Crippen LogP contribution in [-0.4, -0.2) is 18.9 Å². The van der Waals surface area contributed by atoms with E-state index in [1.807, 2.05) is 18.2 Å². The quantitative estimate of drug-likeness (QED) is 0.172. The number of para-hydroxylation sites is 4. The first-order chi connectivity index (χ1) is 24.3. The summed E-state index contributed by atoms with van der Waals surface area (Å²) in [5.74, 6) is 0.681. The SMILES string of the molecule is C=C/C=C(\C=C/Cc1nc(-n2c3ccccc3c3cc4c5ccccc5n5c6ccccc6c(c32)c45)nc2ccccc12)c1ccccc1. The van der Waals surface area contributed by atoms with Crippen molar-refractivity contribution in [3.05, 3.63) is 176 Å². The molecule has 4 heteroatoms. The van der Waals surface area contributed by atoms with Crippen molar-refractivity contribution in [3.63, 3.8) is 0 Å². The third-order valence-corrected chi connectivity index (χ3v) is 9.89. The molecule has 0 N–H and O–H groups in total. The first kappa shape index (κ1) is 27.6. The lowest BCUT2D eigenvalue weighted by Gasteiger charge is -2.11. The maximum Gasteiger partial charge on any atom is 0.235 e. The number of aromatic nitrogens is 4. The van der Waals surface area contributed by atoms with Crippen molar-refractivity contribution in [3.8, 4) is 5.95 Å². The second kappa shape index (κ2) is 10.8. The van der Waals surface area contributed by atoms with E-state index < -0.39 is 0 Å². The lowest BCUT2D eigenvalue weighted by atomic mass is 10.0. The highest BCUT2D eigenvalue weighted by molar-refractivity contribution is 6.34. The Bertz CT molecular complexity index is 2970. The van der Waals surface area contributed by atoms with Crippen LogP contribution in [-0.2, 0) is 6.42 Å². The van der Waals surface area contributed by atoms with E-state index in [0.717, 1.165) is 38.8 Å². The van der Waals surface area contributed by atoms with Gasteiger partial charge in [0.1, 0.15) is 0 Å². The molecule has 0 radical (unpaired) electrons. The van der Waals surface area contributed by atoms with Gasteiger partial charge >= 0.3 is 0 Å². The highest BCUT2D eigenvalue weighted by atomic mass is 15.2. The molecule has 0 spiro atoms. The molecule has 6 aromatic carbocycles. The van der Waals surface area contributed by atoms with Crippen molar-refractivity contribution < 1.29 is 0 Å². The molecule has 0 aliphatic rings. The summed E-state index contributed by atoms with van der Waals surface area (Å²) < 4.78 is 4.74. The number of hydrogen-bond donors (Lipinski definition) is 0. The van der Waals surface area contributed by atoms with Crippen LogP contribution in [0.5, 0.6) is 0 Å². The molecule has 4 heterocycles. The Labute approximate surface area is 282 Å². The number of nitrogens with zero attached hydrogens (tertiary/aromatic N) is 4. The molecule has 0 amide bonds. The number of benzene rings is 6. The zero-order chi connectivity index (χ0) is 32.5. The van der Waals surface area contributed by atoms with Crippen molar-refractivity contribution in [2.75, 3.05) is 0 Å². The Morgan fingerprint density at radius 2 is 1.20 bits per heavy atom. The molecule has 0 bridgehead atoms. The summed E-state index contributed by atoms with van der Waals surface area (Å²) in [5, 5.41) is 8.45. The van der Waals surface area contributed by atoms with Gasteiger partial charge in [-0.3, -0.25) is 4.57 Å². The van der Waals surface area contributed by atoms with Gasteiger partial charge in [0.05, 0.1) is 38.8 Å². The van der Waals surface area contributed by atoms with Gasteiger partial charge in [-0.25, -0.2) is 9.97 Å². The summed E-state index contributed by atoms with van der Waals surface area (Å²) in [6, 6.07) is 47.4. The maximum atomic E-state index is 5.38. The molecule has 49 heavy (non-hydrogen) atoms. The fourth-order valence-corrected chi connectivity index (χ4v) is 7.85. The minimum atomic E-state index is 0.655. The molecule has 0 aliphatic carbocycles. The van der Waals surface area contributed by atoms with Crippen LogP contribution < -0.4 is 0 Å². The van der Waals surface area contributed by atoms with Gasteiger partial charge in [-0.1, -0.05) is 134 Å². The summed E-state index contributed by atoms with van der Waals surface area (Å²) in [6.07, 6.45) is 8.91. The molecule has 10 aromatic rings. The lowest BCUT2D eigenvalue weighted by Crippen LogP contribution is -2.05. The van der Waals surface area contributed by atoms with Crippen LogP contribution >= 0.6 is 0 Å². The Morgan fingerprint density at radius 3 is 1.98 bits per heavy atom. The van der Waals surface area contributed by atoms with E-state index in [0.29, 0.717) is 12.4 Å². The molecular weight excluding hydrogens is 597 g/mol. The molecule has 0 saturated carbocycles. The monoisotopic (exact) mass is 626 g/mol. The highest BCUT2D eigenvalue weighted by Crippen LogP contribution is 2.46. The van der Waals surface area contributed by atoms with E-state index in [2.05, 4.69) is 155 Å². The Morgan fingerprint density at radius 1 is 0.592 bits per heavy atom. The average Bonchev–Trinajstić information content (AvgIpc) is 3.79. The van der Waals surface area contributed by atoms with E-state index in [-0.39, 0.29) is 0 Å². The molecule has 10 rings (SSSR count). The fourth-order valence-electron chi connectivity index (χ4n) is 7.85. The summed E-state index contributed by atoms with van der Waals surface area (Å²) in [6.45, 7) is 3.95. The molecule has 0 unspecified atom stereocenters. The van der Waals surface area contributed by atoms with Gasteiger partial charge in [-0.05, 0) is 41.5 Å². The van der Waals surface area contributed by atoms with Crippen LogP contribution in [0.3, 0.4) is 0 Å². The number of hydrogen-bond acceptors (Lipinski definition) is 2. The molecule has 0 aliphatic heterocycles. The molecule has 0 atom stereocenters. The van der Waals surface area contributed by atoms with E-state index in [1.54, 1.807) is 0 Å². The number of rotatable bonds is 6. The third kappa shape index (κ3) is 4.04. The molecule has 0 fully saturated rings. The van der Waals surface area contributed by atoms with Crippen molar-refractivity contribution >= 4 is 76.4 Å². The predicted molar refractivity (Wildman–Crippen MR) is 206 cm³/mol. The van der Waals surface area contributed by atoms with Gasteiger partial charge in [0.25, 0.3) is 0 Å². The Kier molecular flexibility index (Phi) is 6.06. The summed E-state index contributed by atoms with van der Waals surface area (Å²) >= 11 is 0. The zero-order valence-electron chi connectivity index (χ0n) is 26.7. The topological polar surface area (TPSA) is 35.1 Å². The van der Waals surface area contributed by atoms with E-state index >= 15 is 0 Å². The van der Waals surface area contributed by atoms with Crippen molar-refractivity contribution in [2.24, 2.45) is 0 Å². The van der Waals surface area contributed by atoms with E-state index in [1.165, 1.54) is 48.9 Å². The van der Waals surface area contributed by atoms with E-state index in [4.69, 9.17) is 9.97 Å². The van der Waals surface area contributed by atoms with E-state index in [9.17, 15) is 0 Å². The number of fused-ring (bicyclic) bond motifs is 11. The molecule has 4 nitrogen and oxygen atoms in total. The second-order valence-electron chi connectivity index (χ2n) is 12.6. The normalized spacial score (nSPS) is 12.7. The summed E-state index contributed by atoms with van der Waals surface area (Å²) in [5.41, 5.74) is 10.1. The van der Waals surface area contributed by atoms with Gasteiger partial charge in [-0.2, -0.15) is 0 Å².